The molecule has 0 bridgehead atoms. The summed E-state index contributed by atoms with van der Waals surface area (Å²) in [6, 6.07) is 14.7. The van der Waals surface area contributed by atoms with Gasteiger partial charge in [-0.05, 0) is 48.0 Å². The van der Waals surface area contributed by atoms with Crippen LogP contribution in [0.3, 0.4) is 0 Å². The summed E-state index contributed by atoms with van der Waals surface area (Å²) in [6.07, 6.45) is 4.86. The maximum atomic E-state index is 13.0. The summed E-state index contributed by atoms with van der Waals surface area (Å²) < 4.78 is 5.14. The second-order valence-corrected chi connectivity index (χ2v) is 6.77. The van der Waals surface area contributed by atoms with Crippen molar-refractivity contribution >= 4 is 17.4 Å². The van der Waals surface area contributed by atoms with E-state index in [-0.39, 0.29) is 17.9 Å². The fourth-order valence-electron chi connectivity index (χ4n) is 3.48. The minimum atomic E-state index is -0.812. The predicted octanol–water partition coefficient (Wildman–Crippen LogP) is 3.11. The van der Waals surface area contributed by atoms with E-state index in [2.05, 4.69) is 9.97 Å². The Morgan fingerprint density at radius 2 is 1.87 bits per heavy atom. The van der Waals surface area contributed by atoms with Crippen molar-refractivity contribution in [1.82, 2.24) is 14.9 Å². The summed E-state index contributed by atoms with van der Waals surface area (Å²) in [6.45, 7) is 0.166. The summed E-state index contributed by atoms with van der Waals surface area (Å²) in [5, 5.41) is 11.0. The molecule has 1 atom stereocenters. The number of likely N-dealkylation sites (tertiary alicyclic amines) is 1. The lowest BCUT2D eigenvalue weighted by atomic mass is 9.98. The van der Waals surface area contributed by atoms with Gasteiger partial charge in [0, 0.05) is 30.7 Å². The number of benzene rings is 1. The van der Waals surface area contributed by atoms with Crippen molar-refractivity contribution in [3.8, 4) is 5.75 Å². The molecular weight excluding hydrogens is 382 g/mol. The van der Waals surface area contributed by atoms with E-state index < -0.39 is 17.7 Å². The topological polar surface area (TPSA) is 92.6 Å². The lowest BCUT2D eigenvalue weighted by molar-refractivity contribution is -0.140. The third kappa shape index (κ3) is 3.53. The van der Waals surface area contributed by atoms with Crippen LogP contribution in [0.1, 0.15) is 22.9 Å². The molecule has 1 aliphatic rings. The van der Waals surface area contributed by atoms with E-state index in [4.69, 9.17) is 4.74 Å². The van der Waals surface area contributed by atoms with E-state index in [1.165, 1.54) is 4.90 Å². The van der Waals surface area contributed by atoms with Gasteiger partial charge in [0.25, 0.3) is 11.7 Å². The molecule has 2 aromatic heterocycles. The number of ether oxygens (including phenoxy) is 1. The highest BCUT2D eigenvalue weighted by molar-refractivity contribution is 6.46. The third-order valence-corrected chi connectivity index (χ3v) is 4.95. The Morgan fingerprint density at radius 1 is 1.07 bits per heavy atom. The maximum absolute atomic E-state index is 13.0. The van der Waals surface area contributed by atoms with E-state index >= 15 is 0 Å². The zero-order valence-electron chi connectivity index (χ0n) is 16.2. The van der Waals surface area contributed by atoms with E-state index in [0.717, 1.165) is 5.56 Å². The Hall–Kier alpha value is -4.00. The number of rotatable bonds is 5. The van der Waals surface area contributed by atoms with Gasteiger partial charge >= 0.3 is 0 Å². The number of methoxy groups -OCH3 is 1. The second-order valence-electron chi connectivity index (χ2n) is 6.77. The van der Waals surface area contributed by atoms with Gasteiger partial charge in [-0.2, -0.15) is 0 Å². The van der Waals surface area contributed by atoms with Crippen LogP contribution in [0, 0.1) is 0 Å². The fraction of sp³-hybridized carbons (Fsp3) is 0.130. The van der Waals surface area contributed by atoms with Gasteiger partial charge in [0.2, 0.25) is 0 Å². The number of hydrogen-bond donors (Lipinski definition) is 1. The van der Waals surface area contributed by atoms with Gasteiger partial charge in [-0.25, -0.2) is 0 Å². The quantitative estimate of drug-likeness (QED) is 0.401. The number of aliphatic hydroxyl groups is 1. The standard InChI is InChI=1S/C23H19N3O4/c1-30-17-9-7-16(8-10-17)21(27)19-20(18-6-2-3-12-25-18)26(23(29)22(19)28)14-15-5-4-11-24-13-15/h2-13,20,27H,14H2,1H3. The molecule has 7 nitrogen and oxygen atoms in total. The van der Waals surface area contributed by atoms with Gasteiger partial charge in [-0.1, -0.05) is 12.1 Å². The van der Waals surface area contributed by atoms with Crippen molar-refractivity contribution in [2.75, 3.05) is 7.11 Å². The fourth-order valence-corrected chi connectivity index (χ4v) is 3.48. The highest BCUT2D eigenvalue weighted by Gasteiger charge is 2.46. The summed E-state index contributed by atoms with van der Waals surface area (Å²) in [7, 11) is 1.54. The van der Waals surface area contributed by atoms with Crippen molar-refractivity contribution in [3.05, 3.63) is 95.6 Å². The number of aliphatic hydroxyl groups excluding tert-OH is 1. The van der Waals surface area contributed by atoms with E-state index in [1.807, 2.05) is 6.07 Å². The highest BCUT2D eigenvalue weighted by atomic mass is 16.5. The Bertz CT molecular complexity index is 1100. The molecule has 1 amide bonds. The zero-order valence-corrected chi connectivity index (χ0v) is 16.2. The number of hydrogen-bond acceptors (Lipinski definition) is 6. The molecule has 1 saturated heterocycles. The summed E-state index contributed by atoms with van der Waals surface area (Å²) >= 11 is 0. The van der Waals surface area contributed by atoms with E-state index in [1.54, 1.807) is 74.2 Å². The third-order valence-electron chi connectivity index (χ3n) is 4.95. The number of ketones is 1. The van der Waals surface area contributed by atoms with Crippen molar-refractivity contribution in [2.45, 2.75) is 12.6 Å². The molecular formula is C23H19N3O4. The first-order valence-electron chi connectivity index (χ1n) is 9.33. The molecule has 3 aromatic rings. The first-order chi connectivity index (χ1) is 14.6. The average Bonchev–Trinajstić information content (AvgIpc) is 3.05. The van der Waals surface area contributed by atoms with Crippen LogP contribution in [0.5, 0.6) is 5.75 Å². The number of nitrogens with zero attached hydrogens (tertiary/aromatic N) is 3. The molecule has 1 unspecified atom stereocenters. The van der Waals surface area contributed by atoms with Crippen LogP contribution in [0.15, 0.2) is 78.8 Å². The smallest absolute Gasteiger partial charge is 0.296 e. The molecule has 1 aromatic carbocycles. The Morgan fingerprint density at radius 3 is 2.50 bits per heavy atom. The molecule has 1 fully saturated rings. The number of pyridine rings is 2. The number of carbonyl (C=O) groups is 2. The van der Waals surface area contributed by atoms with Crippen LogP contribution in [0.25, 0.3) is 5.76 Å². The van der Waals surface area contributed by atoms with Crippen molar-refractivity contribution < 1.29 is 19.4 Å². The van der Waals surface area contributed by atoms with Crippen molar-refractivity contribution in [1.29, 1.82) is 0 Å². The van der Waals surface area contributed by atoms with Crippen molar-refractivity contribution in [3.63, 3.8) is 0 Å². The van der Waals surface area contributed by atoms with E-state index in [0.29, 0.717) is 17.0 Å². The Kier molecular flexibility index (Phi) is 5.26. The monoisotopic (exact) mass is 401 g/mol. The minimum Gasteiger partial charge on any atom is -0.507 e. The number of carbonyl (C=O) groups excluding carboxylic acids is 2. The number of Topliss-reactive ketones (excluding diaryl/α,β-unsaturated/α-hetero) is 1. The molecule has 30 heavy (non-hydrogen) atoms. The maximum Gasteiger partial charge on any atom is 0.296 e. The molecule has 1 N–H and O–H groups in total. The van der Waals surface area contributed by atoms with E-state index in [9.17, 15) is 14.7 Å². The largest absolute Gasteiger partial charge is 0.507 e. The minimum absolute atomic E-state index is 0.00718. The average molecular weight is 401 g/mol. The lowest BCUT2D eigenvalue weighted by Crippen LogP contribution is -2.29. The molecule has 0 radical (unpaired) electrons. The molecule has 150 valence electrons. The van der Waals surface area contributed by atoms with Gasteiger partial charge in [0.1, 0.15) is 17.6 Å². The van der Waals surface area contributed by atoms with Gasteiger partial charge in [0.05, 0.1) is 18.4 Å². The highest BCUT2D eigenvalue weighted by Crippen LogP contribution is 2.39. The van der Waals surface area contributed by atoms with Crippen LogP contribution in [-0.2, 0) is 16.1 Å². The first kappa shape index (κ1) is 19.3. The van der Waals surface area contributed by atoms with Crippen LogP contribution in [0.2, 0.25) is 0 Å². The molecule has 1 aliphatic heterocycles. The predicted molar refractivity (Wildman–Crippen MR) is 109 cm³/mol. The lowest BCUT2D eigenvalue weighted by Gasteiger charge is -2.24. The van der Waals surface area contributed by atoms with Gasteiger partial charge in [0.15, 0.2) is 0 Å². The second kappa shape index (κ2) is 8.16. The van der Waals surface area contributed by atoms with Crippen LogP contribution < -0.4 is 4.74 Å². The molecule has 7 heteroatoms. The molecule has 4 rings (SSSR count). The van der Waals surface area contributed by atoms with Crippen molar-refractivity contribution in [2.24, 2.45) is 0 Å². The molecule has 0 aliphatic carbocycles. The summed E-state index contributed by atoms with van der Waals surface area (Å²) in [4.78, 5) is 35.7. The molecule has 3 heterocycles. The Labute approximate surface area is 173 Å². The normalized spacial score (nSPS) is 17.9. The van der Waals surface area contributed by atoms with Gasteiger partial charge in [-0.15, -0.1) is 0 Å². The Balaban J connectivity index is 1.83. The molecule has 0 spiro atoms. The zero-order chi connectivity index (χ0) is 21.1. The summed E-state index contributed by atoms with van der Waals surface area (Å²) in [5.41, 5.74) is 1.68. The van der Waals surface area contributed by atoms with Gasteiger partial charge in [-0.3, -0.25) is 19.6 Å². The van der Waals surface area contributed by atoms with Gasteiger partial charge < -0.3 is 14.7 Å². The number of amides is 1. The van der Waals surface area contributed by atoms with Crippen LogP contribution >= 0.6 is 0 Å². The van der Waals surface area contributed by atoms with Crippen LogP contribution in [-0.4, -0.2) is 38.8 Å². The number of aromatic nitrogens is 2. The first-order valence-corrected chi connectivity index (χ1v) is 9.33. The van der Waals surface area contributed by atoms with Crippen LogP contribution in [0.4, 0.5) is 0 Å². The SMILES string of the molecule is COc1ccc(C(O)=C2C(=O)C(=O)N(Cc3cccnc3)C2c2ccccn2)cc1. The summed E-state index contributed by atoms with van der Waals surface area (Å²) in [5.74, 6) is -1.07. The molecule has 0 saturated carbocycles.